The van der Waals surface area contributed by atoms with Gasteiger partial charge in [-0.25, -0.2) is 0 Å². The fourth-order valence-corrected chi connectivity index (χ4v) is 1.22. The molecule has 0 amide bonds. The van der Waals surface area contributed by atoms with E-state index in [0.717, 1.165) is 18.1 Å². The first-order valence-corrected chi connectivity index (χ1v) is 3.92. The predicted octanol–water partition coefficient (Wildman–Crippen LogP) is 0.819. The Balaban J connectivity index is 2.46. The number of H-pyrrole nitrogens is 1. The topological polar surface area (TPSA) is 66.0 Å². The molecule has 0 aromatic carbocycles. The molecule has 0 spiro atoms. The lowest BCUT2D eigenvalue weighted by Gasteiger charge is -2.00. The molecule has 1 aliphatic rings. The fourth-order valence-electron chi connectivity index (χ4n) is 1.22. The van der Waals surface area contributed by atoms with Gasteiger partial charge in [-0.2, -0.15) is 4.98 Å². The molecule has 4 heteroatoms. The van der Waals surface area contributed by atoms with Gasteiger partial charge in [-0.3, -0.25) is 4.79 Å². The molecule has 0 radical (unpaired) electrons. The molecule has 1 heterocycles. The van der Waals surface area contributed by atoms with Crippen molar-refractivity contribution in [3.8, 4) is 5.88 Å². The van der Waals surface area contributed by atoms with Crippen molar-refractivity contribution in [2.75, 3.05) is 0 Å². The van der Waals surface area contributed by atoms with E-state index >= 15 is 0 Å². The summed E-state index contributed by atoms with van der Waals surface area (Å²) in [4.78, 5) is 17.3. The number of nitrogens with zero attached hydrogens (tertiary/aromatic N) is 1. The van der Waals surface area contributed by atoms with E-state index in [-0.39, 0.29) is 11.4 Å². The molecule has 0 saturated heterocycles. The molecular formula is C9H8N2O2. The molecule has 0 saturated carbocycles. The number of allylic oxidation sites excluding steroid dienone is 4. The van der Waals surface area contributed by atoms with Crippen LogP contribution < -0.4 is 5.56 Å². The van der Waals surface area contributed by atoms with Crippen LogP contribution in [0.4, 0.5) is 0 Å². The molecule has 0 bridgehead atoms. The number of nitrogens with one attached hydrogen (secondary N) is 1. The van der Waals surface area contributed by atoms with E-state index in [0.29, 0.717) is 5.82 Å². The zero-order chi connectivity index (χ0) is 9.26. The summed E-state index contributed by atoms with van der Waals surface area (Å²) < 4.78 is 0. The quantitative estimate of drug-likeness (QED) is 0.665. The highest BCUT2D eigenvalue weighted by Gasteiger charge is 2.06. The molecule has 66 valence electrons. The van der Waals surface area contributed by atoms with E-state index in [2.05, 4.69) is 9.97 Å². The van der Waals surface area contributed by atoms with Gasteiger partial charge < -0.3 is 10.1 Å². The summed E-state index contributed by atoms with van der Waals surface area (Å²) in [5.74, 6) is 0.196. The van der Waals surface area contributed by atoms with Crippen LogP contribution in [0.1, 0.15) is 12.2 Å². The maximum Gasteiger partial charge on any atom is 0.254 e. The average Bonchev–Trinajstić information content (AvgIpc) is 2.53. The van der Waals surface area contributed by atoms with Crippen molar-refractivity contribution >= 4 is 5.57 Å². The summed E-state index contributed by atoms with van der Waals surface area (Å²) in [6.45, 7) is 0. The minimum atomic E-state index is -0.338. The van der Waals surface area contributed by atoms with E-state index in [4.69, 9.17) is 5.11 Å². The minimum Gasteiger partial charge on any atom is -0.493 e. The fraction of sp³-hybridized carbons (Fsp3) is 0.111. The molecule has 2 N–H and O–H groups in total. The lowest BCUT2D eigenvalue weighted by molar-refractivity contribution is 0.450. The summed E-state index contributed by atoms with van der Waals surface area (Å²) in [5.41, 5.74) is 0.573. The Labute approximate surface area is 74.3 Å². The van der Waals surface area contributed by atoms with E-state index < -0.39 is 0 Å². The van der Waals surface area contributed by atoms with E-state index in [1.54, 1.807) is 0 Å². The van der Waals surface area contributed by atoms with Gasteiger partial charge in [-0.05, 0) is 12.0 Å². The molecule has 1 aromatic rings. The summed E-state index contributed by atoms with van der Waals surface area (Å²) in [7, 11) is 0. The molecular weight excluding hydrogens is 168 g/mol. The van der Waals surface area contributed by atoms with Gasteiger partial charge in [-0.1, -0.05) is 18.2 Å². The molecule has 4 nitrogen and oxygen atoms in total. The normalized spacial score (nSPS) is 14.6. The number of aromatic amines is 1. The summed E-state index contributed by atoms with van der Waals surface area (Å²) in [6, 6.07) is 1.05. The second-order valence-corrected chi connectivity index (χ2v) is 2.78. The third kappa shape index (κ3) is 1.51. The molecule has 0 atom stereocenters. The number of rotatable bonds is 1. The van der Waals surface area contributed by atoms with Crippen molar-refractivity contribution in [2.45, 2.75) is 6.42 Å². The standard InChI is InChI=1S/C9H8N2O2/c12-7-5-8(13)11-9(10-7)6-3-1-2-4-6/h1-3,5H,4H2,(H2,10,11,12,13). The van der Waals surface area contributed by atoms with Gasteiger partial charge in [0.05, 0.1) is 6.07 Å². The Kier molecular flexibility index (Phi) is 1.73. The van der Waals surface area contributed by atoms with Gasteiger partial charge in [-0.15, -0.1) is 0 Å². The molecule has 1 aliphatic carbocycles. The Morgan fingerprint density at radius 3 is 3.00 bits per heavy atom. The van der Waals surface area contributed by atoms with Crippen molar-refractivity contribution in [2.24, 2.45) is 0 Å². The Morgan fingerprint density at radius 2 is 2.38 bits per heavy atom. The zero-order valence-corrected chi connectivity index (χ0v) is 6.82. The molecule has 0 unspecified atom stereocenters. The third-order valence-corrected chi connectivity index (χ3v) is 1.80. The van der Waals surface area contributed by atoms with Crippen LogP contribution in [-0.2, 0) is 0 Å². The number of aromatic hydroxyl groups is 1. The summed E-state index contributed by atoms with van der Waals surface area (Å²) in [6.07, 6.45) is 6.45. The highest BCUT2D eigenvalue weighted by atomic mass is 16.3. The first-order valence-electron chi connectivity index (χ1n) is 3.92. The zero-order valence-electron chi connectivity index (χ0n) is 6.82. The van der Waals surface area contributed by atoms with Crippen LogP contribution in [0, 0.1) is 0 Å². The van der Waals surface area contributed by atoms with Crippen LogP contribution in [0.5, 0.6) is 5.88 Å². The van der Waals surface area contributed by atoms with Crippen LogP contribution in [-0.4, -0.2) is 15.1 Å². The first kappa shape index (κ1) is 7.79. The molecule has 0 fully saturated rings. The van der Waals surface area contributed by atoms with Crippen molar-refractivity contribution < 1.29 is 5.11 Å². The van der Waals surface area contributed by atoms with Gasteiger partial charge in [0, 0.05) is 0 Å². The van der Waals surface area contributed by atoms with E-state index in [1.807, 2.05) is 18.2 Å². The van der Waals surface area contributed by atoms with Crippen molar-refractivity contribution in [1.82, 2.24) is 9.97 Å². The van der Waals surface area contributed by atoms with Crippen molar-refractivity contribution in [1.29, 1.82) is 0 Å². The highest BCUT2D eigenvalue weighted by Crippen LogP contribution is 2.19. The van der Waals surface area contributed by atoms with Gasteiger partial charge in [0.25, 0.3) is 5.56 Å². The lowest BCUT2D eigenvalue weighted by Crippen LogP contribution is -2.08. The highest BCUT2D eigenvalue weighted by molar-refractivity contribution is 5.66. The SMILES string of the molecule is O=c1cc(O)nc(C2=CC=CC2)[nH]1. The lowest BCUT2D eigenvalue weighted by atomic mass is 10.2. The van der Waals surface area contributed by atoms with E-state index in [9.17, 15) is 4.79 Å². The van der Waals surface area contributed by atoms with Crippen LogP contribution in [0.25, 0.3) is 5.57 Å². The van der Waals surface area contributed by atoms with E-state index in [1.165, 1.54) is 0 Å². The van der Waals surface area contributed by atoms with Crippen molar-refractivity contribution in [3.05, 3.63) is 40.5 Å². The van der Waals surface area contributed by atoms with Gasteiger partial charge in [0.1, 0.15) is 5.82 Å². The maximum atomic E-state index is 11.0. The van der Waals surface area contributed by atoms with Crippen LogP contribution in [0.3, 0.4) is 0 Å². The van der Waals surface area contributed by atoms with Gasteiger partial charge in [0.2, 0.25) is 5.88 Å². The first-order chi connectivity index (χ1) is 6.25. The number of hydrogen-bond acceptors (Lipinski definition) is 3. The Hall–Kier alpha value is -1.84. The smallest absolute Gasteiger partial charge is 0.254 e. The number of hydrogen-bond donors (Lipinski definition) is 2. The molecule has 1 aromatic heterocycles. The van der Waals surface area contributed by atoms with Gasteiger partial charge in [0.15, 0.2) is 0 Å². The largest absolute Gasteiger partial charge is 0.493 e. The third-order valence-electron chi connectivity index (χ3n) is 1.80. The Bertz CT molecular complexity index is 443. The second kappa shape index (κ2) is 2.90. The maximum absolute atomic E-state index is 11.0. The average molecular weight is 176 g/mol. The van der Waals surface area contributed by atoms with Crippen LogP contribution in [0.2, 0.25) is 0 Å². The predicted molar refractivity (Wildman–Crippen MR) is 48.3 cm³/mol. The monoisotopic (exact) mass is 176 g/mol. The van der Waals surface area contributed by atoms with Crippen LogP contribution >= 0.6 is 0 Å². The number of aromatic nitrogens is 2. The van der Waals surface area contributed by atoms with Crippen molar-refractivity contribution in [3.63, 3.8) is 0 Å². The molecule has 13 heavy (non-hydrogen) atoms. The minimum absolute atomic E-state index is 0.244. The molecule has 2 rings (SSSR count). The van der Waals surface area contributed by atoms with Gasteiger partial charge >= 0.3 is 0 Å². The second-order valence-electron chi connectivity index (χ2n) is 2.78. The van der Waals surface area contributed by atoms with Crippen LogP contribution in [0.15, 0.2) is 29.1 Å². The molecule has 0 aliphatic heterocycles. The summed E-state index contributed by atoms with van der Waals surface area (Å²) >= 11 is 0. The summed E-state index contributed by atoms with van der Waals surface area (Å²) in [5, 5.41) is 9.08. The Morgan fingerprint density at radius 1 is 1.54 bits per heavy atom.